The number of aromatic nitrogens is 2. The summed E-state index contributed by atoms with van der Waals surface area (Å²) in [6, 6.07) is 7.57. The topological polar surface area (TPSA) is 80.0 Å². The summed E-state index contributed by atoms with van der Waals surface area (Å²) in [4.78, 5) is 17.1. The molecule has 0 atom stereocenters. The molecule has 0 saturated carbocycles. The maximum atomic E-state index is 12.8. The molecule has 3 rings (SSSR count). The molecule has 0 aliphatic rings. The van der Waals surface area contributed by atoms with E-state index in [1.807, 2.05) is 25.1 Å². The highest BCUT2D eigenvalue weighted by Crippen LogP contribution is 2.32. The van der Waals surface area contributed by atoms with E-state index in [-0.39, 0.29) is 24.1 Å². The number of thiazole rings is 1. The summed E-state index contributed by atoms with van der Waals surface area (Å²) in [7, 11) is 0. The van der Waals surface area contributed by atoms with Gasteiger partial charge in [0.05, 0.1) is 17.0 Å². The van der Waals surface area contributed by atoms with E-state index in [9.17, 15) is 18.0 Å². The largest absolute Gasteiger partial charge is 0.434 e. The first-order chi connectivity index (χ1) is 15.1. The van der Waals surface area contributed by atoms with E-state index in [0.29, 0.717) is 17.2 Å². The Morgan fingerprint density at radius 3 is 2.66 bits per heavy atom. The molecule has 32 heavy (non-hydrogen) atoms. The Bertz CT molecular complexity index is 1060. The molecule has 1 amide bonds. The van der Waals surface area contributed by atoms with Crippen LogP contribution in [-0.4, -0.2) is 29.1 Å². The SMILES string of the molecule is Cc1cc(CSc2cc(C(C)C)ccc2C(=O)NCCNc2nc(C(F)(F)F)cs2)on1. The normalized spacial score (nSPS) is 11.7. The molecule has 0 fully saturated rings. The number of carbonyl (C=O) groups excluding carboxylic acids is 1. The van der Waals surface area contributed by atoms with E-state index in [1.165, 1.54) is 11.8 Å². The fourth-order valence-electron chi connectivity index (χ4n) is 2.76. The number of hydrogen-bond donors (Lipinski definition) is 2. The highest BCUT2D eigenvalue weighted by Gasteiger charge is 2.33. The number of nitrogens with zero attached hydrogens (tertiary/aromatic N) is 2. The second-order valence-corrected chi connectivity index (χ2v) is 9.23. The fraction of sp³-hybridized carbons (Fsp3) is 0.381. The number of benzene rings is 1. The smallest absolute Gasteiger partial charge is 0.360 e. The third-order valence-corrected chi connectivity index (χ3v) is 6.32. The molecule has 172 valence electrons. The first-order valence-corrected chi connectivity index (χ1v) is 11.7. The second-order valence-electron chi connectivity index (χ2n) is 7.35. The minimum atomic E-state index is -4.47. The monoisotopic (exact) mass is 484 g/mol. The number of hydrogen-bond acceptors (Lipinski definition) is 7. The summed E-state index contributed by atoms with van der Waals surface area (Å²) in [5, 5.41) is 10.6. The summed E-state index contributed by atoms with van der Waals surface area (Å²) < 4.78 is 43.1. The van der Waals surface area contributed by atoms with Gasteiger partial charge in [0.25, 0.3) is 5.91 Å². The lowest BCUT2D eigenvalue weighted by Gasteiger charge is -2.13. The molecule has 3 aromatic rings. The molecule has 0 spiro atoms. The van der Waals surface area contributed by atoms with E-state index in [2.05, 4.69) is 34.6 Å². The third-order valence-electron chi connectivity index (χ3n) is 4.45. The van der Waals surface area contributed by atoms with Crippen molar-refractivity contribution in [3.05, 3.63) is 57.9 Å². The van der Waals surface area contributed by atoms with Crippen LogP contribution in [0.4, 0.5) is 18.3 Å². The van der Waals surface area contributed by atoms with Crippen LogP contribution in [0.2, 0.25) is 0 Å². The average Bonchev–Trinajstić information content (AvgIpc) is 3.38. The predicted molar refractivity (Wildman–Crippen MR) is 119 cm³/mol. The number of amides is 1. The molecule has 1 aromatic carbocycles. The van der Waals surface area contributed by atoms with Gasteiger partial charge in [-0.05, 0) is 30.5 Å². The van der Waals surface area contributed by atoms with E-state index in [1.54, 1.807) is 6.07 Å². The lowest BCUT2D eigenvalue weighted by Crippen LogP contribution is -2.29. The Balaban J connectivity index is 1.60. The molecule has 6 nitrogen and oxygen atoms in total. The van der Waals surface area contributed by atoms with Crippen LogP contribution >= 0.6 is 23.1 Å². The van der Waals surface area contributed by atoms with Crippen molar-refractivity contribution in [2.75, 3.05) is 18.4 Å². The van der Waals surface area contributed by atoms with Crippen LogP contribution in [-0.2, 0) is 11.9 Å². The number of nitrogens with one attached hydrogen (secondary N) is 2. The minimum absolute atomic E-state index is 0.159. The zero-order valence-corrected chi connectivity index (χ0v) is 19.4. The average molecular weight is 485 g/mol. The van der Waals surface area contributed by atoms with Crippen molar-refractivity contribution >= 4 is 34.1 Å². The van der Waals surface area contributed by atoms with Gasteiger partial charge < -0.3 is 15.2 Å². The minimum Gasteiger partial charge on any atom is -0.360 e. The van der Waals surface area contributed by atoms with Crippen LogP contribution in [0.5, 0.6) is 0 Å². The van der Waals surface area contributed by atoms with Crippen LogP contribution < -0.4 is 10.6 Å². The van der Waals surface area contributed by atoms with Crippen LogP contribution in [0.3, 0.4) is 0 Å². The van der Waals surface area contributed by atoms with Crippen LogP contribution in [0.1, 0.15) is 52.8 Å². The van der Waals surface area contributed by atoms with Crippen molar-refractivity contribution in [1.82, 2.24) is 15.5 Å². The molecule has 2 heterocycles. The second kappa shape index (κ2) is 10.4. The summed E-state index contributed by atoms with van der Waals surface area (Å²) in [5.41, 5.74) is 1.51. The van der Waals surface area contributed by atoms with Crippen molar-refractivity contribution in [1.29, 1.82) is 0 Å². The first-order valence-electron chi connectivity index (χ1n) is 9.87. The fourth-order valence-corrected chi connectivity index (χ4v) is 4.48. The maximum absolute atomic E-state index is 12.8. The lowest BCUT2D eigenvalue weighted by atomic mass is 10.0. The van der Waals surface area contributed by atoms with Gasteiger partial charge >= 0.3 is 6.18 Å². The van der Waals surface area contributed by atoms with Crippen molar-refractivity contribution < 1.29 is 22.5 Å². The maximum Gasteiger partial charge on any atom is 0.434 e. The van der Waals surface area contributed by atoms with Crippen molar-refractivity contribution in [2.24, 2.45) is 0 Å². The molecule has 0 radical (unpaired) electrons. The van der Waals surface area contributed by atoms with Crippen molar-refractivity contribution in [3.63, 3.8) is 0 Å². The third kappa shape index (κ3) is 6.49. The van der Waals surface area contributed by atoms with Gasteiger partial charge in [0.2, 0.25) is 0 Å². The number of alkyl halides is 3. The molecule has 0 bridgehead atoms. The lowest BCUT2D eigenvalue weighted by molar-refractivity contribution is -0.140. The van der Waals surface area contributed by atoms with Crippen LogP contribution in [0.25, 0.3) is 0 Å². The molecule has 2 N–H and O–H groups in total. The van der Waals surface area contributed by atoms with Gasteiger partial charge in [-0.1, -0.05) is 25.1 Å². The zero-order valence-electron chi connectivity index (χ0n) is 17.7. The standard InChI is InChI=1S/C21H23F3N4O2S2/c1-12(2)14-4-5-16(17(9-14)31-10-15-8-13(3)28-30-15)19(29)25-6-7-26-20-27-18(11-32-20)21(22,23)24/h4-5,8-9,11-12H,6-7,10H2,1-3H3,(H,25,29)(H,26,27). The molecular formula is C21H23F3N4O2S2. The molecule has 0 saturated heterocycles. The highest BCUT2D eigenvalue weighted by molar-refractivity contribution is 7.98. The Labute approximate surface area is 192 Å². The number of carbonyl (C=O) groups is 1. The molecule has 0 unspecified atom stereocenters. The van der Waals surface area contributed by atoms with E-state index < -0.39 is 11.9 Å². The number of aryl methyl sites for hydroxylation is 1. The molecular weight excluding hydrogens is 461 g/mol. The number of halogens is 3. The summed E-state index contributed by atoms with van der Waals surface area (Å²) >= 11 is 2.36. The van der Waals surface area contributed by atoms with Crippen LogP contribution in [0.15, 0.2) is 39.1 Å². The number of rotatable bonds is 9. The van der Waals surface area contributed by atoms with Gasteiger partial charge in [0, 0.05) is 29.4 Å². The molecule has 2 aromatic heterocycles. The zero-order chi connectivity index (χ0) is 23.3. The Kier molecular flexibility index (Phi) is 7.83. The Morgan fingerprint density at radius 2 is 2.03 bits per heavy atom. The predicted octanol–water partition coefficient (Wildman–Crippen LogP) is 5.72. The van der Waals surface area contributed by atoms with Gasteiger partial charge in [-0.15, -0.1) is 23.1 Å². The van der Waals surface area contributed by atoms with Gasteiger partial charge in [0.15, 0.2) is 10.8 Å². The van der Waals surface area contributed by atoms with E-state index in [4.69, 9.17) is 4.52 Å². The van der Waals surface area contributed by atoms with Crippen molar-refractivity contribution in [3.8, 4) is 0 Å². The van der Waals surface area contributed by atoms with Gasteiger partial charge in [0.1, 0.15) is 5.76 Å². The van der Waals surface area contributed by atoms with Crippen LogP contribution in [0, 0.1) is 6.92 Å². The quantitative estimate of drug-likeness (QED) is 0.299. The van der Waals surface area contributed by atoms with Gasteiger partial charge in [-0.25, -0.2) is 4.98 Å². The molecule has 0 aliphatic carbocycles. The summed E-state index contributed by atoms with van der Waals surface area (Å²) in [6.07, 6.45) is -4.47. The number of thioether (sulfide) groups is 1. The molecule has 11 heteroatoms. The first kappa shape index (κ1) is 24.1. The Hall–Kier alpha value is -2.53. The van der Waals surface area contributed by atoms with Gasteiger partial charge in [-0.2, -0.15) is 13.2 Å². The van der Waals surface area contributed by atoms with Crippen molar-refractivity contribution in [2.45, 2.75) is 43.5 Å². The Morgan fingerprint density at radius 1 is 1.25 bits per heavy atom. The summed E-state index contributed by atoms with van der Waals surface area (Å²) in [5.74, 6) is 1.31. The molecule has 0 aliphatic heterocycles. The van der Waals surface area contributed by atoms with Gasteiger partial charge in [-0.3, -0.25) is 4.79 Å². The number of anilines is 1. The van der Waals surface area contributed by atoms with E-state index >= 15 is 0 Å². The highest BCUT2D eigenvalue weighted by atomic mass is 32.2. The van der Waals surface area contributed by atoms with E-state index in [0.717, 1.165) is 38.6 Å². The summed E-state index contributed by atoms with van der Waals surface area (Å²) in [6.45, 7) is 6.49.